The minimum absolute atomic E-state index is 0.266. The third-order valence-electron chi connectivity index (χ3n) is 1.62. The van der Waals surface area contributed by atoms with Gasteiger partial charge in [0.1, 0.15) is 0 Å². The van der Waals surface area contributed by atoms with E-state index in [-0.39, 0.29) is 5.69 Å². The number of nitrogens with two attached hydrogens (primary N) is 1. The van der Waals surface area contributed by atoms with Crippen molar-refractivity contribution >= 4 is 16.8 Å². The number of primary amides is 1. The highest BCUT2D eigenvalue weighted by molar-refractivity contribution is 6.03. The van der Waals surface area contributed by atoms with Crippen molar-refractivity contribution in [2.24, 2.45) is 5.73 Å². The van der Waals surface area contributed by atoms with Gasteiger partial charge in [-0.2, -0.15) is 5.10 Å². The van der Waals surface area contributed by atoms with E-state index in [2.05, 4.69) is 16.3 Å². The zero-order chi connectivity index (χ0) is 8.55. The maximum absolute atomic E-state index is 10.8. The summed E-state index contributed by atoms with van der Waals surface area (Å²) in [7, 11) is 0. The standard InChI is InChI=1S/C8H6N3O/c9-8(12)7-5-3-1-2-4-6(5)10-11-7/h1-3H,(H2,9,12)(H,10,11). The second-order valence-electron chi connectivity index (χ2n) is 2.40. The minimum atomic E-state index is -0.527. The molecule has 1 radical (unpaired) electrons. The molecule has 0 atom stereocenters. The van der Waals surface area contributed by atoms with Gasteiger partial charge >= 0.3 is 0 Å². The van der Waals surface area contributed by atoms with Crippen LogP contribution in [0.3, 0.4) is 0 Å². The zero-order valence-electron chi connectivity index (χ0n) is 6.16. The van der Waals surface area contributed by atoms with E-state index in [4.69, 9.17) is 5.73 Å². The number of carbonyl (C=O) groups is 1. The number of H-pyrrole nitrogens is 1. The topological polar surface area (TPSA) is 71.8 Å². The van der Waals surface area contributed by atoms with Gasteiger partial charge in [0.25, 0.3) is 5.91 Å². The van der Waals surface area contributed by atoms with Crippen molar-refractivity contribution < 1.29 is 4.79 Å². The maximum Gasteiger partial charge on any atom is 0.269 e. The lowest BCUT2D eigenvalue weighted by Crippen LogP contribution is -2.11. The molecule has 3 N–H and O–H groups in total. The number of hydrogen-bond donors (Lipinski definition) is 2. The number of nitrogens with one attached hydrogen (secondary N) is 1. The quantitative estimate of drug-likeness (QED) is 0.636. The van der Waals surface area contributed by atoms with E-state index in [9.17, 15) is 4.79 Å². The van der Waals surface area contributed by atoms with Gasteiger partial charge < -0.3 is 5.73 Å². The first-order valence-corrected chi connectivity index (χ1v) is 3.43. The molecule has 0 bridgehead atoms. The SMILES string of the molecule is NC(=O)c1n[nH]c2[c]cccc12. The molecule has 0 saturated carbocycles. The number of carbonyl (C=O) groups excluding carboxylic acids is 1. The summed E-state index contributed by atoms with van der Waals surface area (Å²) >= 11 is 0. The first kappa shape index (κ1) is 6.84. The average Bonchev–Trinajstić information content (AvgIpc) is 2.47. The molecule has 0 unspecified atom stereocenters. The molecule has 59 valence electrons. The van der Waals surface area contributed by atoms with E-state index in [0.717, 1.165) is 0 Å². The van der Waals surface area contributed by atoms with Crippen LogP contribution in [-0.2, 0) is 0 Å². The largest absolute Gasteiger partial charge is 0.364 e. The number of amides is 1. The van der Waals surface area contributed by atoms with Gasteiger partial charge in [-0.05, 0) is 0 Å². The minimum Gasteiger partial charge on any atom is -0.364 e. The Kier molecular flexibility index (Phi) is 1.33. The number of para-hydroxylation sites is 1. The second kappa shape index (κ2) is 2.34. The van der Waals surface area contributed by atoms with Gasteiger partial charge in [-0.1, -0.05) is 18.2 Å². The molecule has 1 heterocycles. The highest BCUT2D eigenvalue weighted by Gasteiger charge is 2.08. The summed E-state index contributed by atoms with van der Waals surface area (Å²) in [6.45, 7) is 0. The fraction of sp³-hybridized carbons (Fsp3) is 0. The maximum atomic E-state index is 10.8. The number of nitrogens with zero attached hydrogens (tertiary/aromatic N) is 1. The first-order valence-electron chi connectivity index (χ1n) is 3.43. The van der Waals surface area contributed by atoms with E-state index < -0.39 is 5.91 Å². The first-order chi connectivity index (χ1) is 5.79. The van der Waals surface area contributed by atoms with Crippen LogP contribution in [0.4, 0.5) is 0 Å². The Morgan fingerprint density at radius 3 is 3.25 bits per heavy atom. The molecule has 0 saturated heterocycles. The Labute approximate surface area is 68.4 Å². The van der Waals surface area contributed by atoms with Crippen LogP contribution in [0.5, 0.6) is 0 Å². The van der Waals surface area contributed by atoms with Crippen LogP contribution in [0, 0.1) is 6.07 Å². The van der Waals surface area contributed by atoms with Crippen molar-refractivity contribution in [1.29, 1.82) is 0 Å². The van der Waals surface area contributed by atoms with Gasteiger partial charge in [0.05, 0.1) is 5.52 Å². The summed E-state index contributed by atoms with van der Waals surface area (Å²) in [5, 5.41) is 7.14. The van der Waals surface area contributed by atoms with E-state index in [1.54, 1.807) is 18.2 Å². The number of aromatic nitrogens is 2. The molecule has 1 amide bonds. The fourth-order valence-electron chi connectivity index (χ4n) is 1.09. The molecule has 1 aromatic carbocycles. The van der Waals surface area contributed by atoms with Crippen molar-refractivity contribution in [3.05, 3.63) is 30.0 Å². The Hall–Kier alpha value is -1.84. The molecule has 2 aromatic rings. The molecule has 12 heavy (non-hydrogen) atoms. The second-order valence-corrected chi connectivity index (χ2v) is 2.40. The highest BCUT2D eigenvalue weighted by Crippen LogP contribution is 2.13. The van der Waals surface area contributed by atoms with Gasteiger partial charge in [-0.3, -0.25) is 9.89 Å². The van der Waals surface area contributed by atoms with Crippen LogP contribution in [0.1, 0.15) is 10.5 Å². The van der Waals surface area contributed by atoms with Crippen molar-refractivity contribution in [1.82, 2.24) is 10.2 Å². The Bertz CT molecular complexity index is 433. The molecule has 0 aliphatic heterocycles. The number of benzene rings is 1. The molecule has 4 heteroatoms. The lowest BCUT2D eigenvalue weighted by Gasteiger charge is -1.87. The molecular formula is C8H6N3O. The third-order valence-corrected chi connectivity index (χ3v) is 1.62. The van der Waals surface area contributed by atoms with Gasteiger partial charge in [-0.25, -0.2) is 0 Å². The molecule has 0 aliphatic carbocycles. The number of fused-ring (bicyclic) bond motifs is 1. The van der Waals surface area contributed by atoms with Crippen molar-refractivity contribution in [3.63, 3.8) is 0 Å². The normalized spacial score (nSPS) is 10.3. The van der Waals surface area contributed by atoms with Crippen LogP contribution < -0.4 is 5.73 Å². The number of aromatic amines is 1. The number of hydrogen-bond acceptors (Lipinski definition) is 2. The van der Waals surface area contributed by atoms with Gasteiger partial charge in [0.15, 0.2) is 5.69 Å². The summed E-state index contributed by atoms with van der Waals surface area (Å²) in [4.78, 5) is 10.8. The van der Waals surface area contributed by atoms with Gasteiger partial charge in [0, 0.05) is 11.5 Å². The molecule has 0 fully saturated rings. The summed E-state index contributed by atoms with van der Waals surface area (Å²) < 4.78 is 0. The predicted molar refractivity (Wildman–Crippen MR) is 43.4 cm³/mol. The van der Waals surface area contributed by atoms with Crippen LogP contribution in [-0.4, -0.2) is 16.1 Å². The molecule has 2 rings (SSSR count). The van der Waals surface area contributed by atoms with Crippen LogP contribution in [0.25, 0.3) is 10.9 Å². The summed E-state index contributed by atoms with van der Waals surface area (Å²) in [6, 6.07) is 8.20. The fourth-order valence-corrected chi connectivity index (χ4v) is 1.09. The molecule has 0 aliphatic rings. The van der Waals surface area contributed by atoms with E-state index in [1.165, 1.54) is 0 Å². The van der Waals surface area contributed by atoms with Crippen LogP contribution in [0.2, 0.25) is 0 Å². The van der Waals surface area contributed by atoms with Crippen molar-refractivity contribution in [3.8, 4) is 0 Å². The number of rotatable bonds is 1. The van der Waals surface area contributed by atoms with E-state index in [0.29, 0.717) is 10.9 Å². The van der Waals surface area contributed by atoms with Gasteiger partial charge in [-0.15, -0.1) is 0 Å². The van der Waals surface area contributed by atoms with Crippen LogP contribution >= 0.6 is 0 Å². The molecule has 0 spiro atoms. The summed E-state index contributed by atoms with van der Waals surface area (Å²) in [6.07, 6.45) is 0. The molecular weight excluding hydrogens is 154 g/mol. The molecule has 4 nitrogen and oxygen atoms in total. The highest BCUT2D eigenvalue weighted by atomic mass is 16.1. The van der Waals surface area contributed by atoms with E-state index in [1.807, 2.05) is 0 Å². The summed E-state index contributed by atoms with van der Waals surface area (Å²) in [5.74, 6) is -0.527. The van der Waals surface area contributed by atoms with Crippen molar-refractivity contribution in [2.45, 2.75) is 0 Å². The summed E-state index contributed by atoms with van der Waals surface area (Å²) in [5.41, 5.74) is 6.05. The Morgan fingerprint density at radius 1 is 1.67 bits per heavy atom. The zero-order valence-corrected chi connectivity index (χ0v) is 6.16. The predicted octanol–water partition coefficient (Wildman–Crippen LogP) is 0.462. The lowest BCUT2D eigenvalue weighted by atomic mass is 10.2. The monoisotopic (exact) mass is 160 g/mol. The third kappa shape index (κ3) is 0.852. The smallest absolute Gasteiger partial charge is 0.269 e. The van der Waals surface area contributed by atoms with Crippen molar-refractivity contribution in [2.75, 3.05) is 0 Å². The Morgan fingerprint density at radius 2 is 2.50 bits per heavy atom. The Balaban J connectivity index is 2.79. The van der Waals surface area contributed by atoms with E-state index >= 15 is 0 Å². The molecule has 1 aromatic heterocycles. The lowest BCUT2D eigenvalue weighted by molar-refractivity contribution is 0.0997. The van der Waals surface area contributed by atoms with Crippen LogP contribution in [0.15, 0.2) is 18.2 Å². The average molecular weight is 160 g/mol. The van der Waals surface area contributed by atoms with Gasteiger partial charge in [0.2, 0.25) is 0 Å².